The lowest BCUT2D eigenvalue weighted by atomic mass is 9.79. The zero-order valence-electron chi connectivity index (χ0n) is 10.1. The normalized spacial score (nSPS) is 22.2. The predicted molar refractivity (Wildman–Crippen MR) is 69.4 cm³/mol. The highest BCUT2D eigenvalue weighted by Gasteiger charge is 2.38. The van der Waals surface area contributed by atoms with Gasteiger partial charge in [-0.1, -0.05) is 18.5 Å². The molecule has 0 saturated carbocycles. The Hall–Kier alpha value is -1.35. The standard InChI is InChI=1S/C14H14ClFN2/c1-2-14(13-7-17-8-18-13)5-9-3-11(15)12(16)4-10(9)6-14/h3-4,7-8H,2,5-6H2,1H3,(H,17,18). The molecule has 0 fully saturated rings. The van der Waals surface area contributed by atoms with Gasteiger partial charge in [-0.15, -0.1) is 0 Å². The Morgan fingerprint density at radius 3 is 2.72 bits per heavy atom. The van der Waals surface area contributed by atoms with E-state index in [4.69, 9.17) is 11.6 Å². The van der Waals surface area contributed by atoms with Gasteiger partial charge in [-0.05, 0) is 42.5 Å². The van der Waals surface area contributed by atoms with E-state index in [0.717, 1.165) is 36.1 Å². The van der Waals surface area contributed by atoms with Gasteiger partial charge in [-0.2, -0.15) is 0 Å². The van der Waals surface area contributed by atoms with Gasteiger partial charge in [0.25, 0.3) is 0 Å². The molecule has 1 unspecified atom stereocenters. The van der Waals surface area contributed by atoms with Gasteiger partial charge >= 0.3 is 0 Å². The highest BCUT2D eigenvalue weighted by molar-refractivity contribution is 6.30. The van der Waals surface area contributed by atoms with Gasteiger partial charge < -0.3 is 4.98 Å². The summed E-state index contributed by atoms with van der Waals surface area (Å²) in [5.41, 5.74) is 3.35. The maximum Gasteiger partial charge on any atom is 0.142 e. The molecule has 2 nitrogen and oxygen atoms in total. The first kappa shape index (κ1) is 11.7. The smallest absolute Gasteiger partial charge is 0.142 e. The summed E-state index contributed by atoms with van der Waals surface area (Å²) in [6, 6.07) is 3.34. The lowest BCUT2D eigenvalue weighted by molar-refractivity contribution is 0.423. The molecule has 0 bridgehead atoms. The van der Waals surface area contributed by atoms with Crippen LogP contribution in [-0.4, -0.2) is 9.97 Å². The molecular weight excluding hydrogens is 251 g/mol. The zero-order valence-corrected chi connectivity index (χ0v) is 10.9. The fraction of sp³-hybridized carbons (Fsp3) is 0.357. The van der Waals surface area contributed by atoms with Crippen molar-refractivity contribution in [2.75, 3.05) is 0 Å². The number of halogens is 2. The molecule has 94 valence electrons. The van der Waals surface area contributed by atoms with Crippen LogP contribution in [0.5, 0.6) is 0 Å². The van der Waals surface area contributed by atoms with Crippen LogP contribution in [0.15, 0.2) is 24.7 Å². The molecule has 1 aliphatic rings. The van der Waals surface area contributed by atoms with Gasteiger partial charge in [-0.3, -0.25) is 0 Å². The van der Waals surface area contributed by atoms with Crippen LogP contribution in [0, 0.1) is 5.82 Å². The van der Waals surface area contributed by atoms with Crippen LogP contribution in [0.1, 0.15) is 30.2 Å². The largest absolute Gasteiger partial charge is 0.348 e. The number of fused-ring (bicyclic) bond motifs is 1. The Kier molecular flexibility index (Phi) is 2.67. The lowest BCUT2D eigenvalue weighted by Crippen LogP contribution is -2.26. The van der Waals surface area contributed by atoms with Gasteiger partial charge in [0.2, 0.25) is 0 Å². The van der Waals surface area contributed by atoms with Crippen molar-refractivity contribution >= 4 is 11.6 Å². The summed E-state index contributed by atoms with van der Waals surface area (Å²) in [6.07, 6.45) is 6.29. The third-order valence-corrected chi connectivity index (χ3v) is 4.34. The summed E-state index contributed by atoms with van der Waals surface area (Å²) in [5, 5.41) is 0.213. The van der Waals surface area contributed by atoms with Crippen LogP contribution in [0.3, 0.4) is 0 Å². The first-order chi connectivity index (χ1) is 8.64. The number of rotatable bonds is 2. The third kappa shape index (κ3) is 1.65. The zero-order chi connectivity index (χ0) is 12.8. The second-order valence-electron chi connectivity index (χ2n) is 4.99. The predicted octanol–water partition coefficient (Wildman–Crippen LogP) is 3.65. The van der Waals surface area contributed by atoms with E-state index in [9.17, 15) is 4.39 Å². The SMILES string of the molecule is CCC1(c2cnc[nH]2)Cc2cc(F)c(Cl)cc2C1. The minimum Gasteiger partial charge on any atom is -0.348 e. The number of aromatic nitrogens is 2. The maximum atomic E-state index is 13.5. The van der Waals surface area contributed by atoms with E-state index in [2.05, 4.69) is 16.9 Å². The molecule has 0 aliphatic heterocycles. The van der Waals surface area contributed by atoms with Crippen molar-refractivity contribution in [2.45, 2.75) is 31.6 Å². The van der Waals surface area contributed by atoms with E-state index >= 15 is 0 Å². The summed E-state index contributed by atoms with van der Waals surface area (Å²) in [7, 11) is 0. The average molecular weight is 265 g/mol. The van der Waals surface area contributed by atoms with Gasteiger partial charge in [0.15, 0.2) is 0 Å². The summed E-state index contributed by atoms with van der Waals surface area (Å²) in [5.74, 6) is -0.327. The van der Waals surface area contributed by atoms with Crippen molar-refractivity contribution in [3.8, 4) is 0 Å². The van der Waals surface area contributed by atoms with Crippen molar-refractivity contribution < 1.29 is 4.39 Å². The van der Waals surface area contributed by atoms with Gasteiger partial charge in [0.1, 0.15) is 5.82 Å². The summed E-state index contributed by atoms with van der Waals surface area (Å²) < 4.78 is 13.5. The highest BCUT2D eigenvalue weighted by atomic mass is 35.5. The second-order valence-corrected chi connectivity index (χ2v) is 5.39. The van der Waals surface area contributed by atoms with Crippen molar-refractivity contribution in [3.63, 3.8) is 0 Å². The molecule has 0 amide bonds. The third-order valence-electron chi connectivity index (χ3n) is 4.05. The number of benzene rings is 1. The quantitative estimate of drug-likeness (QED) is 0.881. The molecule has 1 aromatic heterocycles. The minimum atomic E-state index is -0.327. The van der Waals surface area contributed by atoms with E-state index < -0.39 is 0 Å². The first-order valence-corrected chi connectivity index (χ1v) is 6.48. The molecular formula is C14H14ClFN2. The Morgan fingerprint density at radius 2 is 2.11 bits per heavy atom. The molecule has 18 heavy (non-hydrogen) atoms. The van der Waals surface area contributed by atoms with Crippen LogP contribution >= 0.6 is 11.6 Å². The van der Waals surface area contributed by atoms with Crippen LogP contribution in [0.4, 0.5) is 4.39 Å². The van der Waals surface area contributed by atoms with E-state index in [1.54, 1.807) is 18.5 Å². The fourth-order valence-electron chi connectivity index (χ4n) is 2.93. The molecule has 1 aliphatic carbocycles. The number of nitrogens with zero attached hydrogens (tertiary/aromatic N) is 1. The molecule has 0 spiro atoms. The Balaban J connectivity index is 2.05. The van der Waals surface area contributed by atoms with Crippen molar-refractivity contribution in [1.29, 1.82) is 0 Å². The molecule has 2 aromatic rings. The van der Waals surface area contributed by atoms with Crippen LogP contribution < -0.4 is 0 Å². The average Bonchev–Trinajstić information content (AvgIpc) is 2.97. The van der Waals surface area contributed by atoms with E-state index in [1.165, 1.54) is 0 Å². The maximum absolute atomic E-state index is 13.5. The van der Waals surface area contributed by atoms with Crippen LogP contribution in [0.2, 0.25) is 5.02 Å². The first-order valence-electron chi connectivity index (χ1n) is 6.10. The Morgan fingerprint density at radius 1 is 1.39 bits per heavy atom. The van der Waals surface area contributed by atoms with Crippen molar-refractivity contribution in [3.05, 3.63) is 52.3 Å². The Labute approximate surface area is 110 Å². The number of imidazole rings is 1. The minimum absolute atomic E-state index is 0.00988. The fourth-order valence-corrected chi connectivity index (χ4v) is 3.11. The second kappa shape index (κ2) is 4.09. The highest BCUT2D eigenvalue weighted by Crippen LogP contribution is 2.42. The van der Waals surface area contributed by atoms with Crippen molar-refractivity contribution in [2.24, 2.45) is 0 Å². The summed E-state index contributed by atoms with van der Waals surface area (Å²) in [4.78, 5) is 7.30. The van der Waals surface area contributed by atoms with Gasteiger partial charge in [0, 0.05) is 17.3 Å². The number of hydrogen-bond acceptors (Lipinski definition) is 1. The van der Waals surface area contributed by atoms with E-state index in [0.29, 0.717) is 0 Å². The molecule has 1 atom stereocenters. The van der Waals surface area contributed by atoms with Crippen LogP contribution in [0.25, 0.3) is 0 Å². The summed E-state index contributed by atoms with van der Waals surface area (Å²) >= 11 is 5.86. The molecule has 1 aromatic carbocycles. The number of nitrogens with one attached hydrogen (secondary N) is 1. The number of H-pyrrole nitrogens is 1. The van der Waals surface area contributed by atoms with E-state index in [1.807, 2.05) is 6.20 Å². The Bertz CT molecular complexity index is 547. The molecule has 0 radical (unpaired) electrons. The topological polar surface area (TPSA) is 28.7 Å². The van der Waals surface area contributed by atoms with Gasteiger partial charge in [-0.25, -0.2) is 9.37 Å². The van der Waals surface area contributed by atoms with Crippen molar-refractivity contribution in [1.82, 2.24) is 9.97 Å². The molecule has 4 heteroatoms. The molecule has 1 heterocycles. The summed E-state index contributed by atoms with van der Waals surface area (Å²) in [6.45, 7) is 2.16. The van der Waals surface area contributed by atoms with Crippen LogP contribution in [-0.2, 0) is 18.3 Å². The van der Waals surface area contributed by atoms with Gasteiger partial charge in [0.05, 0.1) is 11.3 Å². The van der Waals surface area contributed by atoms with E-state index in [-0.39, 0.29) is 16.3 Å². The lowest BCUT2D eigenvalue weighted by Gasteiger charge is -2.25. The molecule has 0 saturated heterocycles. The number of aromatic amines is 1. The number of hydrogen-bond donors (Lipinski definition) is 1. The monoisotopic (exact) mass is 264 g/mol. The molecule has 3 rings (SSSR count). The molecule has 1 N–H and O–H groups in total.